The van der Waals surface area contributed by atoms with Gasteiger partial charge in [-0.3, -0.25) is 29.9 Å². The minimum absolute atomic E-state index is 0.101. The molecule has 5 rings (SSSR count). The summed E-state index contributed by atoms with van der Waals surface area (Å²) in [5, 5.41) is 41.6. The Balaban J connectivity index is 1.89. The molecule has 4 heterocycles. The maximum absolute atomic E-state index is 13.4. The number of aromatic nitrogens is 2. The minimum Gasteiger partial charge on any atom is -0.458 e. The molecule has 176 valence electrons. The molecular formula is C21H18N4O9. The van der Waals surface area contributed by atoms with E-state index in [-0.39, 0.29) is 42.1 Å². The van der Waals surface area contributed by atoms with Crippen molar-refractivity contribution in [2.24, 2.45) is 0 Å². The lowest BCUT2D eigenvalue weighted by molar-refractivity contribution is -0.497. The number of aliphatic hydroxyl groups is 1. The molecule has 0 spiro atoms. The van der Waals surface area contributed by atoms with Crippen molar-refractivity contribution >= 4 is 22.6 Å². The average molecular weight is 470 g/mol. The van der Waals surface area contributed by atoms with Gasteiger partial charge in [0.2, 0.25) is 0 Å². The number of carbonyl (C=O) groups is 1. The number of cyclic esters (lactones) is 1. The van der Waals surface area contributed by atoms with Gasteiger partial charge in [0.05, 0.1) is 45.8 Å². The zero-order chi connectivity index (χ0) is 24.4. The SMILES string of the molecule is CC[C@@]1(O)C(=O)OCc2c1c([N+](=O)[O-])c1n(c2=O)Cc2c-1nc1ccccc1c2CON(O)O. The Morgan fingerprint density at radius 1 is 1.29 bits per heavy atom. The van der Waals surface area contributed by atoms with E-state index in [1.54, 1.807) is 24.3 Å². The summed E-state index contributed by atoms with van der Waals surface area (Å²) in [6, 6.07) is 6.80. The number of pyridine rings is 2. The zero-order valence-electron chi connectivity index (χ0n) is 17.7. The number of carbonyl (C=O) groups excluding carboxylic acids is 1. The number of esters is 1. The van der Waals surface area contributed by atoms with Crippen LogP contribution in [0.1, 0.15) is 35.6 Å². The molecule has 0 radical (unpaired) electrons. The molecule has 2 aliphatic rings. The third-order valence-electron chi connectivity index (χ3n) is 6.31. The topological polar surface area (TPSA) is 177 Å². The lowest BCUT2D eigenvalue weighted by atomic mass is 9.84. The Hall–Kier alpha value is -3.75. The van der Waals surface area contributed by atoms with Crippen molar-refractivity contribution < 1.29 is 34.8 Å². The van der Waals surface area contributed by atoms with Crippen LogP contribution in [-0.2, 0) is 39.7 Å². The fourth-order valence-electron chi connectivity index (χ4n) is 4.72. The van der Waals surface area contributed by atoms with Crippen LogP contribution < -0.4 is 5.56 Å². The van der Waals surface area contributed by atoms with Crippen molar-refractivity contribution in [2.45, 2.75) is 38.7 Å². The van der Waals surface area contributed by atoms with Gasteiger partial charge in [0.15, 0.2) is 5.60 Å². The zero-order valence-corrected chi connectivity index (χ0v) is 17.7. The first kappa shape index (κ1) is 22.1. The summed E-state index contributed by atoms with van der Waals surface area (Å²) in [4.78, 5) is 46.8. The van der Waals surface area contributed by atoms with Gasteiger partial charge in [0, 0.05) is 10.9 Å². The number of nitro groups is 1. The lowest BCUT2D eigenvalue weighted by Crippen LogP contribution is -2.45. The molecule has 13 heteroatoms. The molecule has 0 bridgehead atoms. The highest BCUT2D eigenvalue weighted by Crippen LogP contribution is 2.47. The normalized spacial score (nSPS) is 18.6. The Morgan fingerprint density at radius 3 is 2.71 bits per heavy atom. The van der Waals surface area contributed by atoms with E-state index in [1.165, 1.54) is 6.92 Å². The molecule has 1 atom stereocenters. The summed E-state index contributed by atoms with van der Waals surface area (Å²) >= 11 is 0. The summed E-state index contributed by atoms with van der Waals surface area (Å²) in [6.07, 6.45) is -0.248. The molecule has 34 heavy (non-hydrogen) atoms. The van der Waals surface area contributed by atoms with Gasteiger partial charge in [-0.05, 0) is 18.1 Å². The number of para-hydroxylation sites is 1. The van der Waals surface area contributed by atoms with Crippen LogP contribution in [0.2, 0.25) is 0 Å². The standard InChI is InChI=1S/C21H18N4O9/c1-2-21(28)15-13(8-33-20(21)27)19(26)23-7-11-12(9-34-25(31)32)10-5-3-4-6-14(10)22-16(11)18(23)17(15)24(29)30/h3-6,28,31-32H,2,7-9H2,1H3/t21-/m0/s1. The first-order valence-electron chi connectivity index (χ1n) is 10.2. The van der Waals surface area contributed by atoms with Crippen LogP contribution in [0.4, 0.5) is 5.69 Å². The summed E-state index contributed by atoms with van der Waals surface area (Å²) < 4.78 is 6.15. The number of hydrogen-bond acceptors (Lipinski definition) is 11. The number of nitrogens with zero attached hydrogens (tertiary/aromatic N) is 4. The molecule has 0 saturated carbocycles. The van der Waals surface area contributed by atoms with Gasteiger partial charge < -0.3 is 9.84 Å². The molecule has 13 nitrogen and oxygen atoms in total. The van der Waals surface area contributed by atoms with Crippen LogP contribution in [0.25, 0.3) is 22.3 Å². The van der Waals surface area contributed by atoms with Crippen molar-refractivity contribution in [2.75, 3.05) is 0 Å². The summed E-state index contributed by atoms with van der Waals surface area (Å²) in [7, 11) is 0. The van der Waals surface area contributed by atoms with Gasteiger partial charge in [0.1, 0.15) is 12.3 Å². The largest absolute Gasteiger partial charge is 0.458 e. The summed E-state index contributed by atoms with van der Waals surface area (Å²) in [5.74, 6) is -1.07. The number of fused-ring (bicyclic) bond motifs is 5. The molecule has 1 aromatic carbocycles. The first-order chi connectivity index (χ1) is 16.2. The van der Waals surface area contributed by atoms with Crippen molar-refractivity contribution in [1.29, 1.82) is 0 Å². The van der Waals surface area contributed by atoms with Gasteiger partial charge in [-0.15, -0.1) is 0 Å². The third kappa shape index (κ3) is 2.96. The van der Waals surface area contributed by atoms with E-state index in [9.17, 15) is 24.8 Å². The lowest BCUT2D eigenvalue weighted by Gasteiger charge is -2.31. The second kappa shape index (κ2) is 7.65. The van der Waals surface area contributed by atoms with Crippen LogP contribution in [0.3, 0.4) is 0 Å². The van der Waals surface area contributed by atoms with E-state index in [0.29, 0.717) is 22.0 Å². The first-order valence-corrected chi connectivity index (χ1v) is 10.2. The monoisotopic (exact) mass is 470 g/mol. The molecule has 3 N–H and O–H groups in total. The average Bonchev–Trinajstić information content (AvgIpc) is 3.18. The minimum atomic E-state index is -2.37. The van der Waals surface area contributed by atoms with E-state index < -0.39 is 39.7 Å². The van der Waals surface area contributed by atoms with Crippen LogP contribution in [0.15, 0.2) is 29.1 Å². The Kier molecular flexibility index (Phi) is 4.96. The highest BCUT2D eigenvalue weighted by atomic mass is 17.1. The van der Waals surface area contributed by atoms with Crippen LogP contribution in [0, 0.1) is 10.1 Å². The van der Waals surface area contributed by atoms with Crippen molar-refractivity contribution in [1.82, 2.24) is 14.9 Å². The van der Waals surface area contributed by atoms with Gasteiger partial charge in [-0.2, -0.15) is 0 Å². The maximum atomic E-state index is 13.4. The summed E-state index contributed by atoms with van der Waals surface area (Å²) in [5.41, 5.74) is -2.99. The Morgan fingerprint density at radius 2 is 2.03 bits per heavy atom. The van der Waals surface area contributed by atoms with E-state index in [2.05, 4.69) is 4.98 Å². The van der Waals surface area contributed by atoms with Crippen LogP contribution >= 0.6 is 0 Å². The van der Waals surface area contributed by atoms with E-state index in [1.807, 2.05) is 0 Å². The Labute approximate surface area is 190 Å². The molecule has 2 aromatic heterocycles. The van der Waals surface area contributed by atoms with Gasteiger partial charge >= 0.3 is 11.7 Å². The van der Waals surface area contributed by atoms with Crippen LogP contribution in [-0.4, -0.2) is 41.4 Å². The second-order valence-corrected chi connectivity index (χ2v) is 7.95. The quantitative estimate of drug-likeness (QED) is 0.219. The van der Waals surface area contributed by atoms with E-state index in [4.69, 9.17) is 20.0 Å². The molecule has 0 saturated heterocycles. The molecule has 3 aromatic rings. The predicted molar refractivity (Wildman–Crippen MR) is 111 cm³/mol. The number of ether oxygens (including phenoxy) is 1. The van der Waals surface area contributed by atoms with Crippen molar-refractivity contribution in [3.8, 4) is 11.4 Å². The molecule has 0 aliphatic carbocycles. The molecule has 2 aliphatic heterocycles. The van der Waals surface area contributed by atoms with Crippen LogP contribution in [0.5, 0.6) is 0 Å². The van der Waals surface area contributed by atoms with E-state index in [0.717, 1.165) is 4.57 Å². The van der Waals surface area contributed by atoms with Gasteiger partial charge in [0.25, 0.3) is 5.56 Å². The van der Waals surface area contributed by atoms with Crippen molar-refractivity contribution in [3.63, 3.8) is 0 Å². The number of hydrogen-bond donors (Lipinski definition) is 3. The third-order valence-corrected chi connectivity index (χ3v) is 6.31. The smallest absolute Gasteiger partial charge is 0.343 e. The number of rotatable bonds is 5. The number of benzene rings is 1. The second-order valence-electron chi connectivity index (χ2n) is 7.95. The highest BCUT2D eigenvalue weighted by molar-refractivity contribution is 5.92. The molecule has 0 amide bonds. The van der Waals surface area contributed by atoms with Crippen molar-refractivity contribution in [3.05, 3.63) is 67.0 Å². The van der Waals surface area contributed by atoms with Gasteiger partial charge in [-0.25, -0.2) is 14.6 Å². The molecule has 0 unspecified atom stereocenters. The highest BCUT2D eigenvalue weighted by Gasteiger charge is 2.52. The fraction of sp³-hybridized carbons (Fsp3) is 0.286. The summed E-state index contributed by atoms with van der Waals surface area (Å²) in [6.45, 7) is 0.483. The predicted octanol–water partition coefficient (Wildman–Crippen LogP) is 1.50. The van der Waals surface area contributed by atoms with E-state index >= 15 is 0 Å². The molecule has 0 fully saturated rings. The van der Waals surface area contributed by atoms with Gasteiger partial charge in [-0.1, -0.05) is 25.1 Å². The molecular weight excluding hydrogens is 452 g/mol. The fourth-order valence-corrected chi connectivity index (χ4v) is 4.72. The maximum Gasteiger partial charge on any atom is 0.343 e. The Bertz CT molecular complexity index is 1450.